The van der Waals surface area contributed by atoms with Crippen molar-refractivity contribution in [3.63, 3.8) is 0 Å². The average Bonchev–Trinajstić information content (AvgIpc) is 2.59. The number of carbonyl (C=O) groups is 1. The number of hydrogen-bond acceptors (Lipinski definition) is 3. The number of amides is 1. The molecule has 0 spiro atoms. The molecule has 29 heavy (non-hydrogen) atoms. The largest absolute Gasteiger partial charge is 0.427 e. The van der Waals surface area contributed by atoms with Crippen LogP contribution in [0.5, 0.6) is 0 Å². The Morgan fingerprint density at radius 2 is 1.72 bits per heavy atom. The Hall–Kier alpha value is -2.32. The third-order valence-corrected chi connectivity index (χ3v) is 5.12. The highest BCUT2D eigenvalue weighted by Crippen LogP contribution is 2.30. The number of halogens is 3. The van der Waals surface area contributed by atoms with Gasteiger partial charge in [-0.3, -0.25) is 4.79 Å². The van der Waals surface area contributed by atoms with E-state index in [4.69, 9.17) is 4.65 Å². The average molecular weight is 407 g/mol. The van der Waals surface area contributed by atoms with Gasteiger partial charge < -0.3 is 15.1 Å². The summed E-state index contributed by atoms with van der Waals surface area (Å²) >= 11 is 0. The molecule has 2 rings (SSSR count). The van der Waals surface area contributed by atoms with Crippen molar-refractivity contribution < 1.29 is 27.7 Å². The quantitative estimate of drug-likeness (QED) is 0.717. The Balaban J connectivity index is 2.18. The second-order valence-corrected chi connectivity index (χ2v) is 8.03. The van der Waals surface area contributed by atoms with Gasteiger partial charge in [-0.25, -0.2) is 0 Å². The fourth-order valence-corrected chi connectivity index (χ4v) is 2.38. The molecule has 2 aromatic rings. The lowest BCUT2D eigenvalue weighted by Gasteiger charge is -2.37. The van der Waals surface area contributed by atoms with Crippen molar-refractivity contribution in [1.29, 1.82) is 0 Å². The molecule has 2 N–H and O–H groups in total. The third-order valence-electron chi connectivity index (χ3n) is 5.12. The molecule has 0 bridgehead atoms. The van der Waals surface area contributed by atoms with E-state index in [0.29, 0.717) is 5.56 Å². The zero-order valence-electron chi connectivity index (χ0n) is 17.1. The van der Waals surface area contributed by atoms with Crippen molar-refractivity contribution in [1.82, 2.24) is 0 Å². The molecule has 2 aromatic carbocycles. The molecule has 0 saturated heterocycles. The SMILES string of the molecule is Cc1ccc(C(=O)Nc2cccc(C(F)(F)F)c2)cc1BOC(C)(C)C(C)(C)O. The van der Waals surface area contributed by atoms with Gasteiger partial charge in [0.15, 0.2) is 0 Å². The fourth-order valence-electron chi connectivity index (χ4n) is 2.38. The Morgan fingerprint density at radius 1 is 1.07 bits per heavy atom. The van der Waals surface area contributed by atoms with Crippen LogP contribution in [0.1, 0.15) is 49.2 Å². The molecular formula is C21H25BF3NO3. The van der Waals surface area contributed by atoms with E-state index in [1.165, 1.54) is 12.1 Å². The van der Waals surface area contributed by atoms with Crippen LogP contribution in [0.3, 0.4) is 0 Å². The Bertz CT molecular complexity index is 889. The van der Waals surface area contributed by atoms with Gasteiger partial charge >= 0.3 is 13.7 Å². The van der Waals surface area contributed by atoms with E-state index in [1.54, 1.807) is 45.9 Å². The number of alkyl halides is 3. The molecule has 0 atom stereocenters. The van der Waals surface area contributed by atoms with Gasteiger partial charge in [0.05, 0.1) is 16.8 Å². The van der Waals surface area contributed by atoms with Gasteiger partial charge in [-0.05, 0) is 64.3 Å². The van der Waals surface area contributed by atoms with Gasteiger partial charge in [0.2, 0.25) is 0 Å². The Labute approximate surface area is 169 Å². The summed E-state index contributed by atoms with van der Waals surface area (Å²) in [5, 5.41) is 12.7. The van der Waals surface area contributed by atoms with E-state index in [-0.39, 0.29) is 13.2 Å². The number of rotatable bonds is 6. The summed E-state index contributed by atoms with van der Waals surface area (Å²) in [5.41, 5.74) is -0.720. The molecule has 0 aliphatic rings. The van der Waals surface area contributed by atoms with Crippen LogP contribution in [0, 0.1) is 6.92 Å². The maximum Gasteiger partial charge on any atom is 0.416 e. The van der Waals surface area contributed by atoms with Crippen LogP contribution in [0.4, 0.5) is 18.9 Å². The summed E-state index contributed by atoms with van der Waals surface area (Å²) < 4.78 is 44.4. The first-order valence-electron chi connectivity index (χ1n) is 9.15. The molecule has 0 aliphatic heterocycles. The first-order chi connectivity index (χ1) is 13.2. The minimum Gasteiger partial charge on any atom is -0.427 e. The summed E-state index contributed by atoms with van der Waals surface area (Å²) in [4.78, 5) is 12.5. The number of benzene rings is 2. The monoisotopic (exact) mass is 407 g/mol. The lowest BCUT2D eigenvalue weighted by atomic mass is 9.80. The molecule has 156 valence electrons. The van der Waals surface area contributed by atoms with Crippen LogP contribution in [-0.2, 0) is 10.8 Å². The number of aryl methyl sites for hydroxylation is 1. The van der Waals surface area contributed by atoms with Crippen LogP contribution in [0.2, 0.25) is 0 Å². The normalized spacial score (nSPS) is 12.6. The van der Waals surface area contributed by atoms with Crippen molar-refractivity contribution in [3.8, 4) is 0 Å². The van der Waals surface area contributed by atoms with Gasteiger partial charge in [0, 0.05) is 11.3 Å². The van der Waals surface area contributed by atoms with E-state index < -0.39 is 28.8 Å². The van der Waals surface area contributed by atoms with Gasteiger partial charge in [0.25, 0.3) is 5.91 Å². The second-order valence-electron chi connectivity index (χ2n) is 8.03. The lowest BCUT2D eigenvalue weighted by Crippen LogP contribution is -2.49. The minimum atomic E-state index is -4.48. The molecule has 0 aliphatic carbocycles. The highest BCUT2D eigenvalue weighted by molar-refractivity contribution is 6.48. The standard InChI is InChI=1S/C21H25BF3NO3/c1-13-9-10-14(11-17(13)22-29-20(4,5)19(2,3)28)18(27)26-16-8-6-7-15(12-16)21(23,24)25/h6-12,22,28H,1-5H3,(H,26,27). The zero-order valence-corrected chi connectivity index (χ0v) is 17.1. The minimum absolute atomic E-state index is 0.0614. The maximum atomic E-state index is 12.8. The van der Waals surface area contributed by atoms with Crippen LogP contribution in [-0.4, -0.2) is 29.7 Å². The first-order valence-corrected chi connectivity index (χ1v) is 9.15. The number of hydrogen-bond donors (Lipinski definition) is 2. The molecule has 0 unspecified atom stereocenters. The molecule has 4 nitrogen and oxygen atoms in total. The zero-order chi connectivity index (χ0) is 22.0. The van der Waals surface area contributed by atoms with Crippen LogP contribution < -0.4 is 10.8 Å². The highest BCUT2D eigenvalue weighted by atomic mass is 19.4. The van der Waals surface area contributed by atoms with Gasteiger partial charge in [-0.2, -0.15) is 13.2 Å². The van der Waals surface area contributed by atoms with E-state index >= 15 is 0 Å². The van der Waals surface area contributed by atoms with Crippen molar-refractivity contribution in [2.75, 3.05) is 5.32 Å². The summed E-state index contributed by atoms with van der Waals surface area (Å²) in [6.45, 7) is 8.71. The highest BCUT2D eigenvalue weighted by Gasteiger charge is 2.35. The van der Waals surface area contributed by atoms with E-state index in [1.807, 2.05) is 6.92 Å². The molecule has 0 fully saturated rings. The van der Waals surface area contributed by atoms with E-state index in [0.717, 1.165) is 23.2 Å². The molecular weight excluding hydrogens is 382 g/mol. The number of carbonyl (C=O) groups excluding carboxylic acids is 1. The first kappa shape index (κ1) is 23.0. The molecule has 1 amide bonds. The Morgan fingerprint density at radius 3 is 2.31 bits per heavy atom. The Kier molecular flexibility index (Phi) is 6.50. The van der Waals surface area contributed by atoms with Gasteiger partial charge in [-0.1, -0.05) is 23.8 Å². The van der Waals surface area contributed by atoms with Gasteiger partial charge in [0.1, 0.15) is 0 Å². The summed E-state index contributed by atoms with van der Waals surface area (Å²) in [6.07, 6.45) is -4.48. The topological polar surface area (TPSA) is 58.6 Å². The summed E-state index contributed by atoms with van der Waals surface area (Å²) in [6, 6.07) is 9.46. The summed E-state index contributed by atoms with van der Waals surface area (Å²) in [7, 11) is 0.174. The van der Waals surface area contributed by atoms with Crippen LogP contribution in [0.15, 0.2) is 42.5 Å². The van der Waals surface area contributed by atoms with E-state index in [2.05, 4.69) is 5.32 Å². The third kappa shape index (κ3) is 5.84. The summed E-state index contributed by atoms with van der Waals surface area (Å²) in [5.74, 6) is -0.521. The van der Waals surface area contributed by atoms with Gasteiger partial charge in [-0.15, -0.1) is 0 Å². The van der Waals surface area contributed by atoms with Crippen molar-refractivity contribution in [3.05, 3.63) is 59.2 Å². The van der Waals surface area contributed by atoms with E-state index in [9.17, 15) is 23.1 Å². The molecule has 0 radical (unpaired) electrons. The molecule has 0 saturated carbocycles. The van der Waals surface area contributed by atoms with Crippen LogP contribution >= 0.6 is 0 Å². The predicted molar refractivity (Wildman–Crippen MR) is 109 cm³/mol. The number of anilines is 1. The smallest absolute Gasteiger partial charge is 0.416 e. The molecule has 0 heterocycles. The lowest BCUT2D eigenvalue weighted by molar-refractivity contribution is -0.137. The fraction of sp³-hybridized carbons (Fsp3) is 0.381. The predicted octanol–water partition coefficient (Wildman–Crippen LogP) is 3.81. The van der Waals surface area contributed by atoms with Crippen LogP contribution in [0.25, 0.3) is 0 Å². The number of aliphatic hydroxyl groups is 1. The van der Waals surface area contributed by atoms with Crippen molar-refractivity contribution in [2.45, 2.75) is 52.0 Å². The molecule has 8 heteroatoms. The number of nitrogens with one attached hydrogen (secondary N) is 1. The maximum absolute atomic E-state index is 12.8. The second kappa shape index (κ2) is 8.20. The van der Waals surface area contributed by atoms with Crippen molar-refractivity contribution >= 4 is 24.5 Å². The van der Waals surface area contributed by atoms with Crippen molar-refractivity contribution in [2.24, 2.45) is 0 Å². The molecule has 0 aromatic heterocycles.